The number of nitrogens with zero attached hydrogens (tertiary/aromatic N) is 4. The minimum Gasteiger partial charge on any atom is -0.504 e. The van der Waals surface area contributed by atoms with Crippen molar-refractivity contribution in [3.63, 3.8) is 0 Å². The van der Waals surface area contributed by atoms with Crippen LogP contribution in [0, 0.1) is 0 Å². The van der Waals surface area contributed by atoms with E-state index in [1.54, 1.807) is 24.9 Å². The smallest absolute Gasteiger partial charge is 0.191 e. The van der Waals surface area contributed by atoms with Gasteiger partial charge in [-0.05, 0) is 50.4 Å². The number of benzene rings is 2. The lowest BCUT2D eigenvalue weighted by molar-refractivity contribution is 0.129. The summed E-state index contributed by atoms with van der Waals surface area (Å²) >= 11 is 1.77. The quantitative estimate of drug-likeness (QED) is 0.433. The second kappa shape index (κ2) is 11.5. The highest BCUT2D eigenvalue weighted by Crippen LogP contribution is 2.34. The Kier molecular flexibility index (Phi) is 7.91. The van der Waals surface area contributed by atoms with E-state index in [0.717, 1.165) is 80.8 Å². The summed E-state index contributed by atoms with van der Waals surface area (Å²) in [6.07, 6.45) is 4.65. The van der Waals surface area contributed by atoms with Gasteiger partial charge in [-0.3, -0.25) is 4.90 Å². The Morgan fingerprint density at radius 1 is 1.03 bits per heavy atom. The lowest BCUT2D eigenvalue weighted by Crippen LogP contribution is -2.33. The van der Waals surface area contributed by atoms with E-state index in [-0.39, 0.29) is 5.75 Å². The van der Waals surface area contributed by atoms with Gasteiger partial charge in [0.2, 0.25) is 0 Å². The van der Waals surface area contributed by atoms with Gasteiger partial charge in [-0.2, -0.15) is 0 Å². The fraction of sp³-hybridized carbons (Fsp3) is 0.481. The van der Waals surface area contributed by atoms with Crippen molar-refractivity contribution < 1.29 is 14.6 Å². The van der Waals surface area contributed by atoms with Gasteiger partial charge >= 0.3 is 0 Å². The summed E-state index contributed by atoms with van der Waals surface area (Å²) in [6, 6.07) is 16.3. The van der Waals surface area contributed by atoms with Gasteiger partial charge in [0.1, 0.15) is 5.82 Å². The predicted octanol–water partition coefficient (Wildman–Crippen LogP) is 4.69. The molecule has 2 aliphatic heterocycles. The Morgan fingerprint density at radius 3 is 2.60 bits per heavy atom. The van der Waals surface area contributed by atoms with Crippen LogP contribution in [0.5, 0.6) is 11.5 Å². The Balaban J connectivity index is 1.27. The monoisotopic (exact) mass is 494 g/mol. The van der Waals surface area contributed by atoms with Crippen molar-refractivity contribution >= 4 is 11.8 Å². The summed E-state index contributed by atoms with van der Waals surface area (Å²) in [5, 5.41) is 20.8. The first-order valence-corrected chi connectivity index (χ1v) is 13.5. The van der Waals surface area contributed by atoms with Gasteiger partial charge in [0.15, 0.2) is 16.7 Å². The molecule has 2 fully saturated rings. The number of para-hydroxylation sites is 1. The summed E-state index contributed by atoms with van der Waals surface area (Å²) in [4.78, 5) is 2.40. The maximum absolute atomic E-state index is 10.5. The molecule has 2 saturated heterocycles. The first-order valence-electron chi connectivity index (χ1n) is 12.5. The third-order valence-electron chi connectivity index (χ3n) is 7.00. The zero-order chi connectivity index (χ0) is 24.0. The van der Waals surface area contributed by atoms with E-state index in [2.05, 4.69) is 44.9 Å². The molecule has 5 rings (SSSR count). The second-order valence-electron chi connectivity index (χ2n) is 9.38. The van der Waals surface area contributed by atoms with Gasteiger partial charge in [-0.15, -0.1) is 10.2 Å². The number of hydrogen-bond acceptors (Lipinski definition) is 7. The van der Waals surface area contributed by atoms with Crippen LogP contribution in [0.3, 0.4) is 0 Å². The molecule has 8 heteroatoms. The van der Waals surface area contributed by atoms with Crippen LogP contribution in [-0.2, 0) is 17.8 Å². The molecule has 2 aliphatic rings. The van der Waals surface area contributed by atoms with Gasteiger partial charge in [-0.1, -0.05) is 54.2 Å². The number of aromatic hydroxyl groups is 1. The van der Waals surface area contributed by atoms with Crippen molar-refractivity contribution in [3.8, 4) is 11.5 Å². The van der Waals surface area contributed by atoms with Crippen molar-refractivity contribution in [1.82, 2.24) is 19.7 Å². The lowest BCUT2D eigenvalue weighted by Gasteiger charge is -2.32. The van der Waals surface area contributed by atoms with E-state index in [0.29, 0.717) is 17.8 Å². The molecule has 0 unspecified atom stereocenters. The number of rotatable bonds is 9. The molecule has 7 nitrogen and oxygen atoms in total. The zero-order valence-corrected chi connectivity index (χ0v) is 21.1. The molecule has 0 spiro atoms. The molecular weight excluding hydrogens is 460 g/mol. The first-order chi connectivity index (χ1) is 17.2. The van der Waals surface area contributed by atoms with Gasteiger partial charge in [-0.25, -0.2) is 0 Å². The maximum Gasteiger partial charge on any atom is 0.191 e. The summed E-state index contributed by atoms with van der Waals surface area (Å²) in [6.45, 7) is 4.29. The molecule has 0 aliphatic carbocycles. The number of ether oxygens (including phenoxy) is 2. The van der Waals surface area contributed by atoms with Crippen molar-refractivity contribution in [1.29, 1.82) is 0 Å². The largest absolute Gasteiger partial charge is 0.504 e. The van der Waals surface area contributed by atoms with Crippen molar-refractivity contribution in [2.24, 2.45) is 0 Å². The van der Waals surface area contributed by atoms with Crippen LogP contribution in [-0.4, -0.2) is 63.4 Å². The SMILES string of the molecule is COc1cccc(CN2CCC(c3nnc(SC[C@H]4CCCO4)n3Cc3ccccc3)CC2)c1O. The van der Waals surface area contributed by atoms with Gasteiger partial charge in [0.05, 0.1) is 19.8 Å². The molecule has 0 bridgehead atoms. The van der Waals surface area contributed by atoms with Crippen LogP contribution >= 0.6 is 11.8 Å². The van der Waals surface area contributed by atoms with Gasteiger partial charge in [0, 0.05) is 30.4 Å². The molecule has 186 valence electrons. The first kappa shape index (κ1) is 24.2. The van der Waals surface area contributed by atoms with E-state index >= 15 is 0 Å². The van der Waals surface area contributed by atoms with Crippen molar-refractivity contribution in [2.45, 2.75) is 56.0 Å². The molecular formula is C27H34N4O3S. The molecule has 35 heavy (non-hydrogen) atoms. The number of phenolic OH excluding ortho intramolecular Hbond substituents is 1. The fourth-order valence-corrected chi connectivity index (χ4v) is 6.03. The average Bonchev–Trinajstić information content (AvgIpc) is 3.55. The maximum atomic E-state index is 10.5. The number of hydrogen-bond donors (Lipinski definition) is 1. The van der Waals surface area contributed by atoms with Gasteiger partial charge in [0.25, 0.3) is 0 Å². The van der Waals surface area contributed by atoms with E-state index in [4.69, 9.17) is 14.6 Å². The molecule has 1 N–H and O–H groups in total. The topological polar surface area (TPSA) is 72.6 Å². The Labute approximate surface area is 211 Å². The van der Waals surface area contributed by atoms with Crippen LogP contribution < -0.4 is 4.74 Å². The Morgan fingerprint density at radius 2 is 1.86 bits per heavy atom. The number of likely N-dealkylation sites (tertiary alicyclic amines) is 1. The number of piperidine rings is 1. The second-order valence-corrected chi connectivity index (χ2v) is 10.4. The number of phenols is 1. The van der Waals surface area contributed by atoms with Crippen molar-refractivity contribution in [2.75, 3.05) is 32.6 Å². The van der Waals surface area contributed by atoms with E-state index < -0.39 is 0 Å². The Hall–Kier alpha value is -2.55. The van der Waals surface area contributed by atoms with Crippen molar-refractivity contribution in [3.05, 3.63) is 65.5 Å². The minimum atomic E-state index is 0.243. The highest BCUT2D eigenvalue weighted by molar-refractivity contribution is 7.99. The third kappa shape index (κ3) is 5.82. The molecule has 3 aromatic rings. The fourth-order valence-electron chi connectivity index (χ4n) is 5.02. The number of aromatic nitrogens is 3. The highest BCUT2D eigenvalue weighted by atomic mass is 32.2. The van der Waals surface area contributed by atoms with Crippen LogP contribution in [0.25, 0.3) is 0 Å². The standard InChI is InChI=1S/C27H34N4O3S/c1-33-24-11-5-9-22(25(24)32)18-30-14-12-21(13-15-30)26-28-29-27(35-19-23-10-6-16-34-23)31(26)17-20-7-3-2-4-8-20/h2-5,7-9,11,21,23,32H,6,10,12-19H2,1H3/t23-/m1/s1. The number of thioether (sulfide) groups is 1. The normalized spacial score (nSPS) is 19.3. The van der Waals surface area contributed by atoms with E-state index in [1.807, 2.05) is 12.1 Å². The summed E-state index contributed by atoms with van der Waals surface area (Å²) in [7, 11) is 1.59. The van der Waals surface area contributed by atoms with Crippen LogP contribution in [0.15, 0.2) is 53.7 Å². The molecule has 0 saturated carbocycles. The third-order valence-corrected chi connectivity index (χ3v) is 8.10. The molecule has 2 aromatic carbocycles. The van der Waals surface area contributed by atoms with Crippen LogP contribution in [0.4, 0.5) is 0 Å². The van der Waals surface area contributed by atoms with Crippen LogP contribution in [0.2, 0.25) is 0 Å². The summed E-state index contributed by atoms with van der Waals surface area (Å²) in [5.41, 5.74) is 2.17. The average molecular weight is 495 g/mol. The molecule has 1 aromatic heterocycles. The highest BCUT2D eigenvalue weighted by Gasteiger charge is 2.27. The lowest BCUT2D eigenvalue weighted by atomic mass is 9.95. The predicted molar refractivity (Wildman–Crippen MR) is 137 cm³/mol. The van der Waals surface area contributed by atoms with E-state index in [9.17, 15) is 5.11 Å². The molecule has 3 heterocycles. The van der Waals surface area contributed by atoms with Gasteiger partial charge < -0.3 is 19.1 Å². The number of methoxy groups -OCH3 is 1. The Bertz CT molecular complexity index is 1090. The van der Waals surface area contributed by atoms with E-state index in [1.165, 1.54) is 5.56 Å². The molecule has 0 radical (unpaired) electrons. The van der Waals surface area contributed by atoms with Crippen LogP contribution in [0.1, 0.15) is 48.6 Å². The molecule has 0 amide bonds. The minimum absolute atomic E-state index is 0.243. The summed E-state index contributed by atoms with van der Waals surface area (Å²) < 4.78 is 13.4. The molecule has 1 atom stereocenters. The summed E-state index contributed by atoms with van der Waals surface area (Å²) in [5.74, 6) is 3.16. The zero-order valence-electron chi connectivity index (χ0n) is 20.3.